The first-order valence-corrected chi connectivity index (χ1v) is 22.9. The predicted octanol–water partition coefficient (Wildman–Crippen LogP) is 12.9. The van der Waals surface area contributed by atoms with E-state index < -0.39 is 13.9 Å². The van der Waals surface area contributed by atoms with Crippen molar-refractivity contribution in [3.8, 4) is 0 Å². The topological polar surface area (TPSA) is 74.2 Å². The molecule has 0 aliphatic rings. The van der Waals surface area contributed by atoms with Gasteiger partial charge in [0.25, 0.3) is 0 Å². The molecular formula is C44H85NO6P+. The van der Waals surface area contributed by atoms with E-state index in [1.54, 1.807) is 0 Å². The highest BCUT2D eigenvalue weighted by Crippen LogP contribution is 2.43. The van der Waals surface area contributed by atoms with Gasteiger partial charge >= 0.3 is 7.82 Å². The van der Waals surface area contributed by atoms with Gasteiger partial charge in [0.2, 0.25) is 0 Å². The summed E-state index contributed by atoms with van der Waals surface area (Å²) < 4.78 is 35.6. The Kier molecular flexibility index (Phi) is 37.5. The van der Waals surface area contributed by atoms with E-state index in [2.05, 4.69) is 62.5 Å². The minimum Gasteiger partial charge on any atom is -0.379 e. The molecule has 0 amide bonds. The second kappa shape index (κ2) is 38.2. The third-order valence-corrected chi connectivity index (χ3v) is 9.95. The van der Waals surface area contributed by atoms with Crippen molar-refractivity contribution in [2.45, 2.75) is 174 Å². The van der Waals surface area contributed by atoms with Crippen LogP contribution >= 0.6 is 7.82 Å². The summed E-state index contributed by atoms with van der Waals surface area (Å²) in [5.41, 5.74) is 0. The molecule has 0 rings (SSSR count). The molecule has 7 nitrogen and oxygen atoms in total. The van der Waals surface area contributed by atoms with Gasteiger partial charge in [-0.15, -0.1) is 0 Å². The molecule has 0 aliphatic carbocycles. The zero-order valence-electron chi connectivity index (χ0n) is 34.8. The van der Waals surface area contributed by atoms with E-state index >= 15 is 0 Å². The van der Waals surface area contributed by atoms with Crippen LogP contribution in [0.25, 0.3) is 0 Å². The van der Waals surface area contributed by atoms with E-state index in [1.165, 1.54) is 109 Å². The molecule has 0 bridgehead atoms. The van der Waals surface area contributed by atoms with Gasteiger partial charge in [-0.2, -0.15) is 0 Å². The van der Waals surface area contributed by atoms with Gasteiger partial charge in [-0.05, 0) is 57.8 Å². The maximum absolute atomic E-state index is 12.5. The number of likely N-dealkylation sites (N-methyl/N-ethyl adjacent to an activating group) is 1. The molecule has 0 heterocycles. The van der Waals surface area contributed by atoms with Gasteiger partial charge in [-0.25, -0.2) is 4.57 Å². The summed E-state index contributed by atoms with van der Waals surface area (Å²) in [5.74, 6) is 0. The lowest BCUT2D eigenvalue weighted by Crippen LogP contribution is -2.37. The molecule has 306 valence electrons. The number of phosphoric ester groups is 1. The minimum atomic E-state index is -4.15. The molecule has 2 atom stereocenters. The van der Waals surface area contributed by atoms with Crippen molar-refractivity contribution < 1.29 is 32.5 Å². The summed E-state index contributed by atoms with van der Waals surface area (Å²) in [4.78, 5) is 10.2. The smallest absolute Gasteiger partial charge is 0.379 e. The van der Waals surface area contributed by atoms with Crippen molar-refractivity contribution in [2.75, 3.05) is 60.7 Å². The van der Waals surface area contributed by atoms with Crippen LogP contribution in [0, 0.1) is 0 Å². The highest BCUT2D eigenvalue weighted by molar-refractivity contribution is 7.47. The van der Waals surface area contributed by atoms with Gasteiger partial charge < -0.3 is 18.9 Å². The van der Waals surface area contributed by atoms with Crippen LogP contribution in [0.1, 0.15) is 168 Å². The lowest BCUT2D eigenvalue weighted by Gasteiger charge is -2.24. The minimum absolute atomic E-state index is 0.0337. The normalized spacial score (nSPS) is 14.5. The van der Waals surface area contributed by atoms with E-state index in [9.17, 15) is 9.46 Å². The van der Waals surface area contributed by atoms with Crippen LogP contribution in [0.15, 0.2) is 48.6 Å². The lowest BCUT2D eigenvalue weighted by atomic mass is 10.0. The van der Waals surface area contributed by atoms with E-state index in [0.717, 1.165) is 44.9 Å². The van der Waals surface area contributed by atoms with E-state index in [0.29, 0.717) is 30.8 Å². The lowest BCUT2D eigenvalue weighted by molar-refractivity contribution is -0.870. The number of unbranched alkanes of at least 4 members (excludes halogenated alkanes) is 18. The number of ether oxygens (including phenoxy) is 2. The Bertz CT molecular complexity index is 913. The molecule has 0 aromatic rings. The van der Waals surface area contributed by atoms with Gasteiger partial charge in [0.1, 0.15) is 19.3 Å². The number of nitrogens with zero attached hydrogens (tertiary/aromatic N) is 1. The van der Waals surface area contributed by atoms with Gasteiger partial charge in [0, 0.05) is 13.2 Å². The predicted molar refractivity (Wildman–Crippen MR) is 224 cm³/mol. The number of quaternary nitrogens is 1. The summed E-state index contributed by atoms with van der Waals surface area (Å²) in [5, 5.41) is 0. The van der Waals surface area contributed by atoms with Crippen LogP contribution in [-0.4, -0.2) is 76.2 Å². The van der Waals surface area contributed by atoms with Gasteiger partial charge in [0.15, 0.2) is 0 Å². The van der Waals surface area contributed by atoms with Crippen molar-refractivity contribution in [2.24, 2.45) is 0 Å². The Balaban J connectivity index is 4.22. The molecule has 52 heavy (non-hydrogen) atoms. The van der Waals surface area contributed by atoms with Gasteiger partial charge in [-0.1, -0.05) is 159 Å². The molecule has 0 saturated heterocycles. The number of phosphoric acid groups is 1. The van der Waals surface area contributed by atoms with Crippen LogP contribution in [0.3, 0.4) is 0 Å². The van der Waals surface area contributed by atoms with E-state index in [4.69, 9.17) is 18.5 Å². The summed E-state index contributed by atoms with van der Waals surface area (Å²) >= 11 is 0. The Morgan fingerprint density at radius 1 is 0.519 bits per heavy atom. The Morgan fingerprint density at radius 3 is 1.44 bits per heavy atom. The first-order chi connectivity index (χ1) is 25.2. The maximum Gasteiger partial charge on any atom is 0.472 e. The zero-order valence-corrected chi connectivity index (χ0v) is 35.7. The van der Waals surface area contributed by atoms with Crippen LogP contribution in [0.4, 0.5) is 0 Å². The van der Waals surface area contributed by atoms with Crippen LogP contribution in [0.5, 0.6) is 0 Å². The Hall–Kier alpha value is -1.05. The van der Waals surface area contributed by atoms with Gasteiger partial charge in [-0.3, -0.25) is 9.05 Å². The molecule has 0 fully saturated rings. The fourth-order valence-electron chi connectivity index (χ4n) is 5.58. The molecule has 0 spiro atoms. The van der Waals surface area contributed by atoms with Crippen molar-refractivity contribution in [3.63, 3.8) is 0 Å². The highest BCUT2D eigenvalue weighted by atomic mass is 31.2. The first-order valence-electron chi connectivity index (χ1n) is 21.4. The zero-order chi connectivity index (χ0) is 38.3. The molecule has 1 unspecified atom stereocenters. The molecular weight excluding hydrogens is 669 g/mol. The second-order valence-corrected chi connectivity index (χ2v) is 16.8. The Morgan fingerprint density at radius 2 is 0.942 bits per heavy atom. The summed E-state index contributed by atoms with van der Waals surface area (Å²) in [7, 11) is 1.87. The molecule has 0 saturated carbocycles. The molecule has 0 radical (unpaired) electrons. The number of hydrogen-bond donors (Lipinski definition) is 1. The average Bonchev–Trinajstić information content (AvgIpc) is 3.10. The molecule has 0 aliphatic heterocycles. The Labute approximate surface area is 322 Å². The van der Waals surface area contributed by atoms with Crippen LogP contribution in [0.2, 0.25) is 0 Å². The monoisotopic (exact) mass is 755 g/mol. The summed E-state index contributed by atoms with van der Waals surface area (Å²) in [6.07, 6.45) is 47.1. The largest absolute Gasteiger partial charge is 0.472 e. The fraction of sp³-hybridized carbons (Fsp3) is 0.818. The molecule has 8 heteroatoms. The van der Waals surface area contributed by atoms with Crippen molar-refractivity contribution in [1.29, 1.82) is 0 Å². The SMILES string of the molecule is CCCCCC=CCC=CCC=CCC=CCCCCO[C@H](COCCCCCCCCCCCCCCCC)COP(=O)(O)OCC[N+](C)(C)C. The van der Waals surface area contributed by atoms with Crippen LogP contribution < -0.4 is 0 Å². The summed E-state index contributed by atoms with van der Waals surface area (Å²) in [6.45, 7) is 6.81. The fourth-order valence-corrected chi connectivity index (χ4v) is 6.32. The molecule has 0 aromatic heterocycles. The first kappa shape index (κ1) is 51.0. The second-order valence-electron chi connectivity index (χ2n) is 15.4. The quantitative estimate of drug-likeness (QED) is 0.0291. The molecule has 0 aromatic carbocycles. The van der Waals surface area contributed by atoms with Gasteiger partial charge in [0.05, 0.1) is 34.4 Å². The van der Waals surface area contributed by atoms with E-state index in [1.807, 2.05) is 21.1 Å². The standard InChI is InChI=1S/C44H84NO6P/c1-6-8-10-12-14-16-18-20-22-23-24-25-27-29-31-33-35-37-40-49-44(43-51-52(46,47)50-41-38-45(3,4)5)42-48-39-36-34-32-30-28-26-21-19-17-15-13-11-9-7-2/h14,16,20,22,24-25,29,31,44H,6-13,15,17-19,21,23,26-28,30,32-43H2,1-5H3/p+1/t44-/m1/s1. The van der Waals surface area contributed by atoms with Crippen molar-refractivity contribution >= 4 is 7.82 Å². The van der Waals surface area contributed by atoms with Crippen molar-refractivity contribution in [1.82, 2.24) is 0 Å². The average molecular weight is 755 g/mol. The third kappa shape index (κ3) is 41.7. The number of rotatable bonds is 40. The molecule has 1 N–H and O–H groups in total. The maximum atomic E-state index is 12.5. The highest BCUT2D eigenvalue weighted by Gasteiger charge is 2.25. The van der Waals surface area contributed by atoms with Crippen LogP contribution in [-0.2, 0) is 23.1 Å². The number of hydrogen-bond acceptors (Lipinski definition) is 5. The summed E-state index contributed by atoms with van der Waals surface area (Å²) in [6, 6.07) is 0. The third-order valence-electron chi connectivity index (χ3n) is 8.96. The van der Waals surface area contributed by atoms with Crippen molar-refractivity contribution in [3.05, 3.63) is 48.6 Å². The number of allylic oxidation sites excluding steroid dienone is 8. The van der Waals surface area contributed by atoms with E-state index in [-0.39, 0.29) is 13.2 Å².